The van der Waals surface area contributed by atoms with Crippen LogP contribution >= 0.6 is 27.3 Å². The molecule has 2 rings (SSSR count). The quantitative estimate of drug-likeness (QED) is 0.913. The van der Waals surface area contributed by atoms with Crippen molar-refractivity contribution in [1.29, 1.82) is 0 Å². The minimum atomic E-state index is 0.393. The lowest BCUT2D eigenvalue weighted by Gasteiger charge is -2.25. The highest BCUT2D eigenvalue weighted by molar-refractivity contribution is 9.11. The molecule has 0 saturated heterocycles. The number of rotatable bonds is 3. The van der Waals surface area contributed by atoms with Crippen LogP contribution in [0, 0.1) is 0 Å². The van der Waals surface area contributed by atoms with Gasteiger partial charge in [-0.1, -0.05) is 19.3 Å². The van der Waals surface area contributed by atoms with Gasteiger partial charge in [-0.05, 0) is 35.7 Å². The highest BCUT2D eigenvalue weighted by Gasteiger charge is 2.17. The highest BCUT2D eigenvalue weighted by atomic mass is 79.9. The van der Waals surface area contributed by atoms with Crippen LogP contribution in [0.3, 0.4) is 0 Å². The molecule has 0 radical (unpaired) electrons. The summed E-state index contributed by atoms with van der Waals surface area (Å²) in [6.07, 6.45) is 8.72. The van der Waals surface area contributed by atoms with Crippen molar-refractivity contribution < 1.29 is 0 Å². The van der Waals surface area contributed by atoms with Crippen LogP contribution in [-0.2, 0) is 0 Å². The van der Waals surface area contributed by atoms with Crippen LogP contribution in [-0.4, -0.2) is 11.0 Å². The van der Waals surface area contributed by atoms with Crippen LogP contribution in [0.5, 0.6) is 0 Å². The number of nitrogens with one attached hydrogen (secondary N) is 1. The molecule has 0 amide bonds. The Morgan fingerprint density at radius 2 is 2.20 bits per heavy atom. The number of nitrogens with zero attached hydrogens (tertiary/aromatic N) is 1. The van der Waals surface area contributed by atoms with Crippen molar-refractivity contribution in [2.75, 3.05) is 0 Å². The summed E-state index contributed by atoms with van der Waals surface area (Å²) >= 11 is 5.18. The normalized spacial score (nSPS) is 20.4. The van der Waals surface area contributed by atoms with E-state index in [2.05, 4.69) is 33.2 Å². The molecule has 1 N–H and O–H groups in total. The molecule has 1 unspecified atom stereocenters. The van der Waals surface area contributed by atoms with E-state index in [1.165, 1.54) is 37.1 Å². The molecule has 1 fully saturated rings. The van der Waals surface area contributed by atoms with E-state index in [9.17, 15) is 0 Å². The van der Waals surface area contributed by atoms with Gasteiger partial charge in [0.15, 0.2) is 0 Å². The molecule has 1 aliphatic carbocycles. The van der Waals surface area contributed by atoms with Crippen molar-refractivity contribution in [3.05, 3.63) is 15.0 Å². The first-order valence-electron chi connectivity index (χ1n) is 5.63. The average molecular weight is 289 g/mol. The van der Waals surface area contributed by atoms with Gasteiger partial charge in [0, 0.05) is 6.04 Å². The molecule has 4 heteroatoms. The summed E-state index contributed by atoms with van der Waals surface area (Å²) in [7, 11) is 0. The maximum atomic E-state index is 4.39. The van der Waals surface area contributed by atoms with Crippen molar-refractivity contribution in [2.45, 2.75) is 51.1 Å². The smallest absolute Gasteiger partial charge is 0.110 e. The summed E-state index contributed by atoms with van der Waals surface area (Å²) < 4.78 is 1.12. The lowest BCUT2D eigenvalue weighted by atomic mass is 9.95. The summed E-state index contributed by atoms with van der Waals surface area (Å²) in [5.74, 6) is 0. The monoisotopic (exact) mass is 288 g/mol. The van der Waals surface area contributed by atoms with Gasteiger partial charge < -0.3 is 5.32 Å². The molecule has 1 atom stereocenters. The third-order valence-electron chi connectivity index (χ3n) is 2.96. The third kappa shape index (κ3) is 3.26. The zero-order valence-electron chi connectivity index (χ0n) is 9.00. The molecule has 0 bridgehead atoms. The Balaban J connectivity index is 1.88. The fourth-order valence-electron chi connectivity index (χ4n) is 2.16. The fraction of sp³-hybridized carbons (Fsp3) is 0.727. The summed E-state index contributed by atoms with van der Waals surface area (Å²) in [4.78, 5) is 4.39. The van der Waals surface area contributed by atoms with Gasteiger partial charge in [-0.25, -0.2) is 4.98 Å². The Hall–Kier alpha value is 0.0700. The Morgan fingerprint density at radius 3 is 2.80 bits per heavy atom. The Bertz CT molecular complexity index is 307. The number of thiazole rings is 1. The minimum Gasteiger partial charge on any atom is -0.305 e. The number of hydrogen-bond acceptors (Lipinski definition) is 3. The second-order valence-corrected chi connectivity index (χ2v) is 6.67. The summed E-state index contributed by atoms with van der Waals surface area (Å²) in [6, 6.07) is 1.10. The molecule has 2 nitrogen and oxygen atoms in total. The van der Waals surface area contributed by atoms with Gasteiger partial charge in [0.1, 0.15) is 5.01 Å². The van der Waals surface area contributed by atoms with Crippen LogP contribution < -0.4 is 5.32 Å². The second kappa shape index (κ2) is 5.41. The lowest BCUT2D eigenvalue weighted by molar-refractivity contribution is 0.346. The molecule has 1 heterocycles. The van der Waals surface area contributed by atoms with Gasteiger partial charge in [-0.15, -0.1) is 11.3 Å². The molecule has 0 spiro atoms. The van der Waals surface area contributed by atoms with Crippen LogP contribution in [0.25, 0.3) is 0 Å². The first kappa shape index (κ1) is 11.6. The Kier molecular flexibility index (Phi) is 4.17. The summed E-state index contributed by atoms with van der Waals surface area (Å²) in [6.45, 7) is 2.21. The molecule has 15 heavy (non-hydrogen) atoms. The van der Waals surface area contributed by atoms with E-state index in [-0.39, 0.29) is 0 Å². The van der Waals surface area contributed by atoms with E-state index in [1.54, 1.807) is 11.3 Å². The first-order chi connectivity index (χ1) is 7.25. The van der Waals surface area contributed by atoms with Crippen LogP contribution in [0.15, 0.2) is 9.98 Å². The van der Waals surface area contributed by atoms with Gasteiger partial charge >= 0.3 is 0 Å². The Labute approximate surface area is 104 Å². The minimum absolute atomic E-state index is 0.393. The van der Waals surface area contributed by atoms with Crippen LogP contribution in [0.2, 0.25) is 0 Å². The van der Waals surface area contributed by atoms with E-state index in [1.807, 2.05) is 6.20 Å². The van der Waals surface area contributed by atoms with Gasteiger partial charge in [0.25, 0.3) is 0 Å². The maximum Gasteiger partial charge on any atom is 0.110 e. The summed E-state index contributed by atoms with van der Waals surface area (Å²) in [5.41, 5.74) is 0. The predicted octanol–water partition coefficient (Wildman–Crippen LogP) is 3.89. The maximum absolute atomic E-state index is 4.39. The van der Waals surface area contributed by atoms with Gasteiger partial charge in [-0.3, -0.25) is 0 Å². The fourth-order valence-corrected chi connectivity index (χ4v) is 3.42. The second-order valence-electron chi connectivity index (χ2n) is 4.23. The van der Waals surface area contributed by atoms with E-state index >= 15 is 0 Å². The predicted molar refractivity (Wildman–Crippen MR) is 68.2 cm³/mol. The van der Waals surface area contributed by atoms with Gasteiger partial charge in [-0.2, -0.15) is 0 Å². The van der Waals surface area contributed by atoms with Crippen LogP contribution in [0.4, 0.5) is 0 Å². The lowest BCUT2D eigenvalue weighted by Crippen LogP contribution is -2.33. The number of aromatic nitrogens is 1. The van der Waals surface area contributed by atoms with E-state index in [4.69, 9.17) is 0 Å². The topological polar surface area (TPSA) is 24.9 Å². The van der Waals surface area contributed by atoms with Crippen molar-refractivity contribution in [3.63, 3.8) is 0 Å². The van der Waals surface area contributed by atoms with E-state index < -0.39 is 0 Å². The van der Waals surface area contributed by atoms with E-state index in [0.717, 1.165) is 3.79 Å². The van der Waals surface area contributed by atoms with Gasteiger partial charge in [0.2, 0.25) is 0 Å². The average Bonchev–Trinajstić information content (AvgIpc) is 2.66. The third-order valence-corrected chi connectivity index (χ3v) is 4.62. The van der Waals surface area contributed by atoms with Gasteiger partial charge in [0.05, 0.1) is 16.0 Å². The SMILES string of the molecule is CC(NC1CCCCC1)c1ncc(Br)s1. The molecule has 1 aliphatic rings. The molecule has 0 aromatic carbocycles. The zero-order valence-corrected chi connectivity index (χ0v) is 11.4. The first-order valence-corrected chi connectivity index (χ1v) is 7.24. The molecule has 84 valence electrons. The highest BCUT2D eigenvalue weighted by Crippen LogP contribution is 2.26. The van der Waals surface area contributed by atoms with Crippen molar-refractivity contribution in [2.24, 2.45) is 0 Å². The molecule has 1 saturated carbocycles. The van der Waals surface area contributed by atoms with Crippen molar-refractivity contribution >= 4 is 27.3 Å². The molecular formula is C11H17BrN2S. The standard InChI is InChI=1S/C11H17BrN2S/c1-8(11-13-7-10(12)15-11)14-9-5-3-2-4-6-9/h7-9,14H,2-6H2,1H3. The summed E-state index contributed by atoms with van der Waals surface area (Å²) in [5, 5.41) is 4.86. The molecule has 0 aliphatic heterocycles. The van der Waals surface area contributed by atoms with Crippen LogP contribution in [0.1, 0.15) is 50.1 Å². The van der Waals surface area contributed by atoms with Crippen molar-refractivity contribution in [1.82, 2.24) is 10.3 Å². The largest absolute Gasteiger partial charge is 0.305 e. The van der Waals surface area contributed by atoms with E-state index in [0.29, 0.717) is 12.1 Å². The molecule has 1 aromatic heterocycles. The number of hydrogen-bond donors (Lipinski definition) is 1. The Morgan fingerprint density at radius 1 is 1.47 bits per heavy atom. The molecular weight excluding hydrogens is 272 g/mol. The van der Waals surface area contributed by atoms with Crippen molar-refractivity contribution in [3.8, 4) is 0 Å². The zero-order chi connectivity index (χ0) is 10.7. The number of halogens is 1. The molecule has 1 aromatic rings.